The highest BCUT2D eigenvalue weighted by atomic mass is 16.5. The van der Waals surface area contributed by atoms with Gasteiger partial charge in [-0.05, 0) is 35.1 Å². The molecule has 208 valence electrons. The molecule has 8 heteroatoms. The highest BCUT2D eigenvalue weighted by Crippen LogP contribution is 2.51. The topological polar surface area (TPSA) is 106 Å². The van der Waals surface area contributed by atoms with Crippen LogP contribution >= 0.6 is 0 Å². The molecule has 2 aliphatic heterocycles. The minimum Gasteiger partial charge on any atom is -0.506 e. The number of rotatable bonds is 7. The van der Waals surface area contributed by atoms with E-state index in [4.69, 9.17) is 4.74 Å². The number of ether oxygens (including phenoxy) is 1. The lowest BCUT2D eigenvalue weighted by Gasteiger charge is -2.29. The summed E-state index contributed by atoms with van der Waals surface area (Å²) in [4.78, 5) is 31.7. The van der Waals surface area contributed by atoms with E-state index in [0.717, 1.165) is 31.9 Å². The van der Waals surface area contributed by atoms with E-state index < -0.39 is 22.8 Å². The zero-order valence-electron chi connectivity index (χ0n) is 22.5. The van der Waals surface area contributed by atoms with Gasteiger partial charge in [0.15, 0.2) is 5.56 Å². The largest absolute Gasteiger partial charge is 0.506 e. The fourth-order valence-corrected chi connectivity index (χ4v) is 6.75. The van der Waals surface area contributed by atoms with Gasteiger partial charge in [0.1, 0.15) is 11.5 Å². The third-order valence-corrected chi connectivity index (χ3v) is 8.74. The average Bonchev–Trinajstić information content (AvgIpc) is 3.53. The van der Waals surface area contributed by atoms with Crippen molar-refractivity contribution in [3.8, 4) is 22.8 Å². The number of carbonyl (C=O) groups is 1. The van der Waals surface area contributed by atoms with E-state index in [9.17, 15) is 19.8 Å². The van der Waals surface area contributed by atoms with Gasteiger partial charge in [0.05, 0.1) is 12.3 Å². The molecule has 3 heterocycles. The number of aromatic carboxylic acids is 1. The quantitative estimate of drug-likeness (QED) is 0.311. The minimum atomic E-state index is -1.45. The predicted octanol–water partition coefficient (Wildman–Crippen LogP) is 4.52. The minimum absolute atomic E-state index is 0.267. The Morgan fingerprint density at radius 2 is 1.59 bits per heavy atom. The number of carboxylic acids is 1. The summed E-state index contributed by atoms with van der Waals surface area (Å²) in [5.74, 6) is -0.148. The second-order valence-corrected chi connectivity index (χ2v) is 11.2. The van der Waals surface area contributed by atoms with E-state index in [1.54, 1.807) is 0 Å². The highest BCUT2D eigenvalue weighted by Gasteiger charge is 2.58. The summed E-state index contributed by atoms with van der Waals surface area (Å²) < 4.78 is 6.04. The van der Waals surface area contributed by atoms with Crippen molar-refractivity contribution in [2.24, 2.45) is 11.8 Å². The summed E-state index contributed by atoms with van der Waals surface area (Å²) in [6.07, 6.45) is 0.288. The molecule has 3 atom stereocenters. The summed E-state index contributed by atoms with van der Waals surface area (Å²) >= 11 is 0. The summed E-state index contributed by atoms with van der Waals surface area (Å²) in [5, 5.41) is 20.0. The summed E-state index contributed by atoms with van der Waals surface area (Å²) in [6, 6.07) is 27.8. The Balaban J connectivity index is 1.11. The van der Waals surface area contributed by atoms with Gasteiger partial charge >= 0.3 is 5.97 Å². The molecule has 1 saturated carbocycles. The Morgan fingerprint density at radius 1 is 0.951 bits per heavy atom. The van der Waals surface area contributed by atoms with Crippen LogP contribution in [0.4, 0.5) is 5.69 Å². The normalized spacial score (nSPS) is 20.5. The van der Waals surface area contributed by atoms with E-state index in [0.29, 0.717) is 40.4 Å². The molecule has 3 aromatic carbocycles. The molecule has 3 N–H and O–H groups in total. The van der Waals surface area contributed by atoms with Gasteiger partial charge in [-0.15, -0.1) is 0 Å². The second-order valence-electron chi connectivity index (χ2n) is 11.2. The molecule has 7 rings (SSSR count). The Hall–Kier alpha value is -4.56. The van der Waals surface area contributed by atoms with Crippen LogP contribution in [0.15, 0.2) is 83.7 Å². The maximum Gasteiger partial charge on any atom is 0.345 e. The zero-order valence-corrected chi connectivity index (χ0v) is 22.5. The lowest BCUT2D eigenvalue weighted by molar-refractivity contribution is 0.0691. The van der Waals surface area contributed by atoms with E-state index in [-0.39, 0.29) is 13.0 Å². The number of H-pyrrole nitrogens is 1. The van der Waals surface area contributed by atoms with Crippen molar-refractivity contribution in [3.05, 3.63) is 111 Å². The molecular weight excluding hydrogens is 518 g/mol. The molecule has 8 nitrogen and oxygen atoms in total. The first-order valence-electron chi connectivity index (χ1n) is 14.0. The summed E-state index contributed by atoms with van der Waals surface area (Å²) in [5.41, 5.74) is 3.69. The van der Waals surface area contributed by atoms with Crippen LogP contribution in [0.25, 0.3) is 11.3 Å². The standard InChI is InChI=1S/C33H31N3O5/c37-31-24-13-14-41-27-15-22(11-12-23(27)29(24)34-32(38)28(31)33(39)40)35-18-25-26(19-35)30(25)36(16-20-7-3-1-4-8-20)17-21-9-5-2-6-10-21/h1-12,15,25-26,30H,13-14,16-19H2,(H,39,40)(H2,34,37,38)/t25-,26+,30+. The lowest BCUT2D eigenvalue weighted by atomic mass is 10.00. The Morgan fingerprint density at radius 3 is 2.20 bits per heavy atom. The molecule has 1 aromatic heterocycles. The molecule has 0 bridgehead atoms. The number of fused-ring (bicyclic) bond motifs is 4. The number of aromatic nitrogens is 1. The van der Waals surface area contributed by atoms with Crippen LogP contribution in [0.2, 0.25) is 0 Å². The summed E-state index contributed by atoms with van der Waals surface area (Å²) in [6.45, 7) is 4.04. The first-order chi connectivity index (χ1) is 20.0. The molecule has 3 aliphatic rings. The smallest absolute Gasteiger partial charge is 0.345 e. The lowest BCUT2D eigenvalue weighted by Crippen LogP contribution is -2.34. The number of anilines is 1. The van der Waals surface area contributed by atoms with Gasteiger partial charge in [-0.2, -0.15) is 0 Å². The first-order valence-corrected chi connectivity index (χ1v) is 14.0. The SMILES string of the molecule is O=C(O)c1c(O)c2c([nH]c1=O)-c1ccc(N3C[C@@H]4[C@H](C3)[C@H]4N(Cc3ccccc3)Cc3ccccc3)cc1OCC2. The molecule has 4 aromatic rings. The van der Waals surface area contributed by atoms with Gasteiger partial charge in [-0.1, -0.05) is 60.7 Å². The Labute approximate surface area is 237 Å². The van der Waals surface area contributed by atoms with Gasteiger partial charge in [0.2, 0.25) is 0 Å². The van der Waals surface area contributed by atoms with Crippen LogP contribution in [-0.2, 0) is 19.5 Å². The van der Waals surface area contributed by atoms with Crippen molar-refractivity contribution in [2.45, 2.75) is 25.6 Å². The van der Waals surface area contributed by atoms with Crippen LogP contribution in [0.5, 0.6) is 11.5 Å². The Bertz CT molecular complexity index is 1620. The number of piperidine rings is 1. The summed E-state index contributed by atoms with van der Waals surface area (Å²) in [7, 11) is 0. The average molecular weight is 550 g/mol. The van der Waals surface area contributed by atoms with E-state index in [1.807, 2.05) is 18.2 Å². The van der Waals surface area contributed by atoms with Crippen LogP contribution < -0.4 is 15.2 Å². The number of benzene rings is 3. The predicted molar refractivity (Wildman–Crippen MR) is 155 cm³/mol. The maximum absolute atomic E-state index is 12.5. The van der Waals surface area contributed by atoms with Crippen LogP contribution in [-0.4, -0.2) is 51.8 Å². The van der Waals surface area contributed by atoms with Crippen molar-refractivity contribution >= 4 is 11.7 Å². The molecular formula is C33H31N3O5. The monoisotopic (exact) mass is 549 g/mol. The van der Waals surface area contributed by atoms with Gasteiger partial charge < -0.3 is 24.8 Å². The Kier molecular flexibility index (Phi) is 6.27. The number of carboxylic acid groups (broad SMARTS) is 1. The van der Waals surface area contributed by atoms with Crippen molar-refractivity contribution in [1.29, 1.82) is 0 Å². The molecule has 0 amide bonds. The number of hydrogen-bond donors (Lipinski definition) is 3. The van der Waals surface area contributed by atoms with Crippen molar-refractivity contribution in [3.63, 3.8) is 0 Å². The fourth-order valence-electron chi connectivity index (χ4n) is 6.75. The highest BCUT2D eigenvalue weighted by molar-refractivity contribution is 5.92. The van der Waals surface area contributed by atoms with Gasteiger partial charge in [-0.3, -0.25) is 9.69 Å². The molecule has 41 heavy (non-hydrogen) atoms. The number of pyridine rings is 1. The number of nitrogens with one attached hydrogen (secondary N) is 1. The van der Waals surface area contributed by atoms with Crippen LogP contribution in [0, 0.1) is 11.8 Å². The number of aromatic amines is 1. The van der Waals surface area contributed by atoms with Gasteiger partial charge in [0, 0.05) is 61.5 Å². The zero-order chi connectivity index (χ0) is 28.1. The second kappa shape index (κ2) is 10.1. The van der Waals surface area contributed by atoms with Crippen LogP contribution in [0.1, 0.15) is 27.0 Å². The molecule has 1 saturated heterocycles. The third kappa shape index (κ3) is 4.64. The van der Waals surface area contributed by atoms with Gasteiger partial charge in [0.25, 0.3) is 5.56 Å². The van der Waals surface area contributed by atoms with Crippen LogP contribution in [0.3, 0.4) is 0 Å². The first kappa shape index (κ1) is 25.4. The molecule has 0 unspecified atom stereocenters. The third-order valence-electron chi connectivity index (χ3n) is 8.74. The van der Waals surface area contributed by atoms with Crippen molar-refractivity contribution < 1.29 is 19.7 Å². The number of nitrogens with zero attached hydrogens (tertiary/aromatic N) is 2. The van der Waals surface area contributed by atoms with Crippen molar-refractivity contribution in [1.82, 2.24) is 9.88 Å². The fraction of sp³-hybridized carbons (Fsp3) is 0.273. The van der Waals surface area contributed by atoms with Crippen molar-refractivity contribution in [2.75, 3.05) is 24.6 Å². The molecule has 0 spiro atoms. The number of hydrogen-bond acceptors (Lipinski definition) is 6. The molecule has 2 fully saturated rings. The molecule has 1 aliphatic carbocycles. The molecule has 0 radical (unpaired) electrons. The maximum atomic E-state index is 12.5. The van der Waals surface area contributed by atoms with E-state index >= 15 is 0 Å². The number of aromatic hydroxyl groups is 1. The van der Waals surface area contributed by atoms with Gasteiger partial charge in [-0.25, -0.2) is 4.79 Å². The van der Waals surface area contributed by atoms with E-state index in [1.165, 1.54) is 11.1 Å². The van der Waals surface area contributed by atoms with E-state index in [2.05, 4.69) is 75.4 Å².